The molecular weight excluding hydrogens is 413 g/mol. The zero-order chi connectivity index (χ0) is 20.4. The average Bonchev–Trinajstić information content (AvgIpc) is 3.15. The molecule has 1 N–H and O–H groups in total. The van der Waals surface area contributed by atoms with Crippen molar-refractivity contribution in [3.05, 3.63) is 93.0 Å². The fraction of sp³-hybridized carbons (Fsp3) is 0. The normalized spacial score (nSPS) is 11.2. The van der Waals surface area contributed by atoms with Crippen molar-refractivity contribution in [2.24, 2.45) is 0 Å². The maximum Gasteiger partial charge on any atom is 0.336 e. The molecule has 0 saturated carbocycles. The van der Waals surface area contributed by atoms with Crippen molar-refractivity contribution in [2.75, 3.05) is 5.32 Å². The molecule has 0 bridgehead atoms. The molecule has 4 rings (SSSR count). The number of benzene rings is 2. The Kier molecular flexibility index (Phi) is 5.25. The Morgan fingerprint density at radius 3 is 2.48 bits per heavy atom. The van der Waals surface area contributed by atoms with Crippen LogP contribution < -0.4 is 10.9 Å². The summed E-state index contributed by atoms with van der Waals surface area (Å²) in [4.78, 5) is 23.4. The van der Waals surface area contributed by atoms with E-state index >= 15 is 0 Å². The van der Waals surface area contributed by atoms with Crippen LogP contribution in [0, 0.1) is 0 Å². The highest BCUT2D eigenvalue weighted by Crippen LogP contribution is 2.29. The quantitative estimate of drug-likeness (QED) is 0.320. The van der Waals surface area contributed by atoms with Gasteiger partial charge in [0.25, 0.3) is 0 Å². The molecule has 0 saturated heterocycles. The Morgan fingerprint density at radius 1 is 0.897 bits per heavy atom. The third-order valence-corrected chi connectivity index (χ3v) is 4.50. The number of fused-ring (bicyclic) bond motifs is 1. The number of carbonyl (C=O) groups excluding carboxylic acids is 1. The van der Waals surface area contributed by atoms with E-state index in [1.807, 2.05) is 0 Å². The van der Waals surface area contributed by atoms with Crippen molar-refractivity contribution in [1.29, 1.82) is 0 Å². The van der Waals surface area contributed by atoms with Gasteiger partial charge in [-0.2, -0.15) is 0 Å². The first-order chi connectivity index (χ1) is 14.0. The summed E-state index contributed by atoms with van der Waals surface area (Å²) in [7, 11) is 0. The number of anilines is 1. The maximum atomic E-state index is 12.2. The Labute approximate surface area is 175 Å². The number of halogens is 2. The van der Waals surface area contributed by atoms with Crippen LogP contribution in [-0.2, 0) is 4.79 Å². The number of nitrogens with one attached hydrogen (secondary N) is 1. The highest BCUT2D eigenvalue weighted by molar-refractivity contribution is 6.35. The summed E-state index contributed by atoms with van der Waals surface area (Å²) in [6, 6.07) is 16.6. The van der Waals surface area contributed by atoms with Gasteiger partial charge < -0.3 is 14.2 Å². The fourth-order valence-electron chi connectivity index (χ4n) is 2.79. The van der Waals surface area contributed by atoms with Gasteiger partial charge in [-0.05, 0) is 60.7 Å². The van der Waals surface area contributed by atoms with Gasteiger partial charge in [0.05, 0.1) is 0 Å². The SMILES string of the molecule is O=C(/C=C/c1ccc(-c2cc(Cl)cc(Cl)c2)o1)Nc1ccc2oc(=O)ccc2c1. The average molecular weight is 426 g/mol. The van der Waals surface area contributed by atoms with Gasteiger partial charge in [0.2, 0.25) is 5.91 Å². The minimum absolute atomic E-state index is 0.328. The molecule has 0 fully saturated rings. The molecule has 0 spiro atoms. The molecule has 2 aromatic carbocycles. The lowest BCUT2D eigenvalue weighted by molar-refractivity contribution is -0.111. The van der Waals surface area contributed by atoms with Crippen LogP contribution in [0.5, 0.6) is 0 Å². The predicted molar refractivity (Wildman–Crippen MR) is 114 cm³/mol. The zero-order valence-electron chi connectivity index (χ0n) is 14.8. The van der Waals surface area contributed by atoms with Gasteiger partial charge in [0.15, 0.2) is 0 Å². The van der Waals surface area contributed by atoms with E-state index in [0.29, 0.717) is 38.2 Å². The van der Waals surface area contributed by atoms with E-state index < -0.39 is 5.63 Å². The van der Waals surface area contributed by atoms with Crippen molar-refractivity contribution in [3.63, 3.8) is 0 Å². The lowest BCUT2D eigenvalue weighted by Gasteiger charge is -2.03. The van der Waals surface area contributed by atoms with E-state index in [-0.39, 0.29) is 5.91 Å². The van der Waals surface area contributed by atoms with Gasteiger partial charge in [-0.15, -0.1) is 0 Å². The zero-order valence-corrected chi connectivity index (χ0v) is 16.3. The number of amides is 1. The molecule has 7 heteroatoms. The van der Waals surface area contributed by atoms with Gasteiger partial charge in [0, 0.05) is 38.8 Å². The van der Waals surface area contributed by atoms with Gasteiger partial charge in [0.1, 0.15) is 17.1 Å². The molecule has 29 heavy (non-hydrogen) atoms. The monoisotopic (exact) mass is 425 g/mol. The Bertz CT molecular complexity index is 1280. The minimum atomic E-state index is -0.421. The number of rotatable bonds is 4. The Balaban J connectivity index is 1.46. The van der Waals surface area contributed by atoms with Gasteiger partial charge in [-0.3, -0.25) is 4.79 Å². The van der Waals surface area contributed by atoms with Crippen LogP contribution in [0.1, 0.15) is 5.76 Å². The third-order valence-electron chi connectivity index (χ3n) is 4.06. The van der Waals surface area contributed by atoms with Crippen molar-refractivity contribution in [1.82, 2.24) is 0 Å². The topological polar surface area (TPSA) is 72.5 Å². The van der Waals surface area contributed by atoms with Crippen LogP contribution in [0.25, 0.3) is 28.4 Å². The van der Waals surface area contributed by atoms with Crippen LogP contribution in [0.4, 0.5) is 5.69 Å². The summed E-state index contributed by atoms with van der Waals surface area (Å²) in [6.07, 6.45) is 2.92. The van der Waals surface area contributed by atoms with Gasteiger partial charge in [-0.25, -0.2) is 4.79 Å². The molecule has 0 aliphatic heterocycles. The summed E-state index contributed by atoms with van der Waals surface area (Å²) >= 11 is 12.0. The lowest BCUT2D eigenvalue weighted by atomic mass is 10.2. The molecule has 0 atom stereocenters. The molecule has 4 aromatic rings. The van der Waals surface area contributed by atoms with Crippen molar-refractivity contribution >= 4 is 51.8 Å². The number of carbonyl (C=O) groups is 1. The lowest BCUT2D eigenvalue weighted by Crippen LogP contribution is -2.07. The second-order valence-corrected chi connectivity index (χ2v) is 7.06. The number of hydrogen-bond donors (Lipinski definition) is 1. The summed E-state index contributed by atoms with van der Waals surface area (Å²) in [6.45, 7) is 0. The predicted octanol–water partition coefficient (Wildman–Crippen LogP) is 6.01. The molecule has 5 nitrogen and oxygen atoms in total. The van der Waals surface area contributed by atoms with Crippen LogP contribution in [-0.4, -0.2) is 5.91 Å². The van der Waals surface area contributed by atoms with Crippen LogP contribution in [0.2, 0.25) is 10.0 Å². The summed E-state index contributed by atoms with van der Waals surface area (Å²) in [5.74, 6) is 0.766. The van der Waals surface area contributed by atoms with E-state index in [1.165, 1.54) is 12.1 Å². The standard InChI is InChI=1S/C22H13Cl2NO4/c23-15-9-14(10-16(24)12-15)20-6-3-18(28-20)4-7-21(26)25-17-2-5-19-13(11-17)1-8-22(27)29-19/h1-12H,(H,25,26)/b7-4+. The van der Waals surface area contributed by atoms with Crippen molar-refractivity contribution in [2.45, 2.75) is 0 Å². The first-order valence-electron chi connectivity index (χ1n) is 8.55. The highest BCUT2D eigenvalue weighted by atomic mass is 35.5. The third kappa shape index (κ3) is 4.59. The second kappa shape index (κ2) is 7.99. The summed E-state index contributed by atoms with van der Waals surface area (Å²) in [5.41, 5.74) is 1.36. The molecule has 0 aliphatic carbocycles. The highest BCUT2D eigenvalue weighted by Gasteiger charge is 2.07. The first-order valence-corrected chi connectivity index (χ1v) is 9.31. The summed E-state index contributed by atoms with van der Waals surface area (Å²) < 4.78 is 10.8. The smallest absolute Gasteiger partial charge is 0.336 e. The summed E-state index contributed by atoms with van der Waals surface area (Å²) in [5, 5.41) is 4.48. The van der Waals surface area contributed by atoms with Crippen LogP contribution in [0.3, 0.4) is 0 Å². The number of furan rings is 1. The molecular formula is C22H13Cl2NO4. The van der Waals surface area contributed by atoms with Crippen molar-refractivity contribution in [3.8, 4) is 11.3 Å². The Morgan fingerprint density at radius 2 is 1.69 bits per heavy atom. The van der Waals surface area contributed by atoms with E-state index in [9.17, 15) is 9.59 Å². The van der Waals surface area contributed by atoms with Gasteiger partial charge in [-0.1, -0.05) is 23.2 Å². The number of hydrogen-bond acceptors (Lipinski definition) is 4. The minimum Gasteiger partial charge on any atom is -0.457 e. The largest absolute Gasteiger partial charge is 0.457 e. The molecule has 0 radical (unpaired) electrons. The molecule has 2 heterocycles. The molecule has 2 aromatic heterocycles. The van der Waals surface area contributed by atoms with E-state index in [4.69, 9.17) is 32.0 Å². The van der Waals surface area contributed by atoms with Gasteiger partial charge >= 0.3 is 5.63 Å². The molecule has 0 aliphatic rings. The van der Waals surface area contributed by atoms with E-state index in [2.05, 4.69) is 5.32 Å². The fourth-order valence-corrected chi connectivity index (χ4v) is 3.31. The second-order valence-electron chi connectivity index (χ2n) is 6.19. The molecule has 0 unspecified atom stereocenters. The van der Waals surface area contributed by atoms with Crippen LogP contribution in [0.15, 0.2) is 80.4 Å². The van der Waals surface area contributed by atoms with Crippen molar-refractivity contribution < 1.29 is 13.6 Å². The molecule has 1 amide bonds. The van der Waals surface area contributed by atoms with Crippen LogP contribution >= 0.6 is 23.2 Å². The first kappa shape index (κ1) is 19.1. The Hall–Kier alpha value is -3.28. The van der Waals surface area contributed by atoms with E-state index in [0.717, 1.165) is 5.56 Å². The maximum absolute atomic E-state index is 12.2. The van der Waals surface area contributed by atoms with E-state index in [1.54, 1.807) is 60.7 Å². The molecule has 144 valence electrons.